The van der Waals surface area contributed by atoms with Crippen LogP contribution < -0.4 is 5.32 Å². The van der Waals surface area contributed by atoms with Gasteiger partial charge in [0.1, 0.15) is 0 Å². The van der Waals surface area contributed by atoms with Crippen molar-refractivity contribution < 1.29 is 0 Å². The number of rotatable bonds is 5. The van der Waals surface area contributed by atoms with E-state index in [1.165, 1.54) is 20.3 Å². The maximum Gasteiger partial charge on any atom is 0.0705 e. The molecule has 0 radical (unpaired) electrons. The Morgan fingerprint density at radius 2 is 2.10 bits per heavy atom. The van der Waals surface area contributed by atoms with Crippen LogP contribution in [-0.2, 0) is 6.42 Å². The molecule has 1 unspecified atom stereocenters. The second kappa shape index (κ2) is 6.69. The minimum atomic E-state index is 0.304. The van der Waals surface area contributed by atoms with E-state index in [-0.39, 0.29) is 0 Å². The minimum absolute atomic E-state index is 0.304. The number of likely N-dealkylation sites (N-methyl/N-ethyl adjacent to an activating group) is 1. The van der Waals surface area contributed by atoms with Gasteiger partial charge in [0.15, 0.2) is 0 Å². The first-order chi connectivity index (χ1) is 10.3. The molecule has 108 valence electrons. The van der Waals surface area contributed by atoms with Crippen molar-refractivity contribution in [2.24, 2.45) is 0 Å². The highest BCUT2D eigenvalue weighted by Crippen LogP contribution is 2.30. The van der Waals surface area contributed by atoms with Gasteiger partial charge in [0.25, 0.3) is 0 Å². The second-order valence-electron chi connectivity index (χ2n) is 4.92. The molecule has 3 rings (SSSR count). The summed E-state index contributed by atoms with van der Waals surface area (Å²) in [6.07, 6.45) is 2.89. The predicted molar refractivity (Wildman–Crippen MR) is 93.9 cm³/mol. The first-order valence-electron chi connectivity index (χ1n) is 7.08. The maximum atomic E-state index is 4.46. The molecule has 0 bridgehead atoms. The molecule has 0 spiro atoms. The number of para-hydroxylation sites is 1. The van der Waals surface area contributed by atoms with Crippen LogP contribution in [0.2, 0.25) is 0 Å². The highest BCUT2D eigenvalue weighted by Gasteiger charge is 2.16. The lowest BCUT2D eigenvalue weighted by atomic mass is 9.99. The number of nitrogens with one attached hydrogen (secondary N) is 1. The Kier molecular flexibility index (Phi) is 4.68. The molecule has 0 amide bonds. The van der Waals surface area contributed by atoms with E-state index in [4.69, 9.17) is 0 Å². The summed E-state index contributed by atoms with van der Waals surface area (Å²) in [6, 6.07) is 12.9. The number of hydrogen-bond donors (Lipinski definition) is 1. The molecule has 0 aliphatic heterocycles. The Morgan fingerprint density at radius 3 is 2.86 bits per heavy atom. The summed E-state index contributed by atoms with van der Waals surface area (Å²) in [4.78, 5) is 5.84. The van der Waals surface area contributed by atoms with E-state index in [1.54, 1.807) is 11.3 Å². The van der Waals surface area contributed by atoms with Crippen LogP contribution in [0.1, 0.15) is 23.4 Å². The third kappa shape index (κ3) is 3.18. The maximum absolute atomic E-state index is 4.46. The number of nitrogens with zero attached hydrogens (tertiary/aromatic N) is 1. The van der Waals surface area contributed by atoms with Crippen molar-refractivity contribution in [1.82, 2.24) is 10.3 Å². The number of benzene rings is 1. The highest BCUT2D eigenvalue weighted by atomic mass is 79.9. The highest BCUT2D eigenvalue weighted by molar-refractivity contribution is 9.10. The Labute approximate surface area is 137 Å². The van der Waals surface area contributed by atoms with Gasteiger partial charge in [-0.3, -0.25) is 4.98 Å². The van der Waals surface area contributed by atoms with E-state index in [0.29, 0.717) is 6.04 Å². The van der Waals surface area contributed by atoms with E-state index < -0.39 is 0 Å². The van der Waals surface area contributed by atoms with Crippen LogP contribution in [0.3, 0.4) is 0 Å². The van der Waals surface area contributed by atoms with Gasteiger partial charge in [0, 0.05) is 33.4 Å². The summed E-state index contributed by atoms with van der Waals surface area (Å²) in [5.41, 5.74) is 2.38. The smallest absolute Gasteiger partial charge is 0.0705 e. The fraction of sp³-hybridized carbons (Fsp3) is 0.235. The quantitative estimate of drug-likeness (QED) is 0.695. The van der Waals surface area contributed by atoms with Crippen LogP contribution in [0.15, 0.2) is 52.4 Å². The normalized spacial score (nSPS) is 12.7. The predicted octanol–water partition coefficient (Wildman–Crippen LogP) is 4.95. The van der Waals surface area contributed by atoms with Crippen LogP contribution >= 0.6 is 27.3 Å². The lowest BCUT2D eigenvalue weighted by Gasteiger charge is -2.19. The van der Waals surface area contributed by atoms with Crippen LogP contribution in [0.5, 0.6) is 0 Å². The average molecular weight is 361 g/mol. The average Bonchev–Trinajstić information content (AvgIpc) is 2.91. The summed E-state index contributed by atoms with van der Waals surface area (Å²) in [5, 5.41) is 6.98. The van der Waals surface area contributed by atoms with Gasteiger partial charge in [-0.15, -0.1) is 11.3 Å². The fourth-order valence-corrected chi connectivity index (χ4v) is 4.18. The Balaban J connectivity index is 2.01. The van der Waals surface area contributed by atoms with Gasteiger partial charge in [0.2, 0.25) is 0 Å². The Hall–Kier alpha value is -1.23. The molecule has 2 heterocycles. The summed E-state index contributed by atoms with van der Waals surface area (Å²) in [5.74, 6) is 0. The van der Waals surface area contributed by atoms with Gasteiger partial charge in [-0.1, -0.05) is 25.1 Å². The molecule has 0 saturated carbocycles. The van der Waals surface area contributed by atoms with Gasteiger partial charge in [-0.2, -0.15) is 0 Å². The molecule has 0 fully saturated rings. The zero-order valence-electron chi connectivity index (χ0n) is 11.8. The molecule has 21 heavy (non-hydrogen) atoms. The molecule has 3 aromatic rings. The molecule has 2 aromatic heterocycles. The zero-order chi connectivity index (χ0) is 14.7. The summed E-state index contributed by atoms with van der Waals surface area (Å²) < 4.78 is 1.20. The van der Waals surface area contributed by atoms with Gasteiger partial charge >= 0.3 is 0 Å². The molecule has 0 saturated heterocycles. The topological polar surface area (TPSA) is 24.9 Å². The number of aromatic nitrogens is 1. The van der Waals surface area contributed by atoms with Crippen LogP contribution in [0.4, 0.5) is 0 Å². The molecule has 0 aliphatic rings. The van der Waals surface area contributed by atoms with Crippen LogP contribution in [-0.4, -0.2) is 11.5 Å². The standard InChI is InChI=1S/C17H17BrN2S/c1-2-19-16(11-17-14(18)8-10-21-17)13-7-9-20-15-6-4-3-5-12(13)15/h3-10,16,19H,2,11H2,1H3. The van der Waals surface area contributed by atoms with E-state index >= 15 is 0 Å². The number of thiophene rings is 1. The van der Waals surface area contributed by atoms with Crippen molar-refractivity contribution in [1.29, 1.82) is 0 Å². The molecule has 1 atom stereocenters. The lowest BCUT2D eigenvalue weighted by Crippen LogP contribution is -2.23. The van der Waals surface area contributed by atoms with Crippen LogP contribution in [0.25, 0.3) is 10.9 Å². The number of hydrogen-bond acceptors (Lipinski definition) is 3. The third-order valence-corrected chi connectivity index (χ3v) is 5.54. The first-order valence-corrected chi connectivity index (χ1v) is 8.75. The van der Waals surface area contributed by atoms with Crippen molar-refractivity contribution in [3.63, 3.8) is 0 Å². The molecule has 1 aromatic carbocycles. The van der Waals surface area contributed by atoms with Crippen molar-refractivity contribution in [3.8, 4) is 0 Å². The van der Waals surface area contributed by atoms with Gasteiger partial charge < -0.3 is 5.32 Å². The fourth-order valence-electron chi connectivity index (χ4n) is 2.62. The Morgan fingerprint density at radius 1 is 1.24 bits per heavy atom. The minimum Gasteiger partial charge on any atom is -0.310 e. The number of pyridine rings is 1. The monoisotopic (exact) mass is 360 g/mol. The van der Waals surface area contributed by atoms with Crippen molar-refractivity contribution >= 4 is 38.2 Å². The molecule has 1 N–H and O–H groups in total. The summed E-state index contributed by atoms with van der Waals surface area (Å²) in [6.45, 7) is 3.10. The molecule has 0 aliphatic carbocycles. The first kappa shape index (κ1) is 14.7. The van der Waals surface area contributed by atoms with Gasteiger partial charge in [0.05, 0.1) is 5.52 Å². The Bertz CT molecular complexity index is 733. The van der Waals surface area contributed by atoms with Crippen molar-refractivity contribution in [3.05, 3.63) is 62.9 Å². The molecule has 4 heteroatoms. The largest absolute Gasteiger partial charge is 0.310 e. The third-order valence-electron chi connectivity index (χ3n) is 3.59. The van der Waals surface area contributed by atoms with Gasteiger partial charge in [-0.05, 0) is 51.6 Å². The molecular weight excluding hydrogens is 344 g/mol. The zero-order valence-corrected chi connectivity index (χ0v) is 14.2. The molecular formula is C17H17BrN2S. The van der Waals surface area contributed by atoms with Crippen molar-refractivity contribution in [2.75, 3.05) is 6.54 Å². The summed E-state index contributed by atoms with van der Waals surface area (Å²) in [7, 11) is 0. The van der Waals surface area contributed by atoms with Crippen molar-refractivity contribution in [2.45, 2.75) is 19.4 Å². The van der Waals surface area contributed by atoms with E-state index in [0.717, 1.165) is 18.5 Å². The number of fused-ring (bicyclic) bond motifs is 1. The van der Waals surface area contributed by atoms with E-state index in [2.05, 4.69) is 68.9 Å². The van der Waals surface area contributed by atoms with E-state index in [9.17, 15) is 0 Å². The second-order valence-corrected chi connectivity index (χ2v) is 6.78. The lowest BCUT2D eigenvalue weighted by molar-refractivity contribution is 0.556. The SMILES string of the molecule is CCNC(Cc1sccc1Br)c1ccnc2ccccc12. The van der Waals surface area contributed by atoms with Crippen LogP contribution in [0, 0.1) is 0 Å². The number of halogens is 1. The summed E-state index contributed by atoms with van der Waals surface area (Å²) >= 11 is 5.44. The van der Waals surface area contributed by atoms with Gasteiger partial charge in [-0.25, -0.2) is 0 Å². The molecule has 2 nitrogen and oxygen atoms in total. The van der Waals surface area contributed by atoms with E-state index in [1.807, 2.05) is 12.3 Å².